The van der Waals surface area contributed by atoms with Gasteiger partial charge in [-0.2, -0.15) is 26.3 Å². The van der Waals surface area contributed by atoms with Crippen molar-refractivity contribution in [2.45, 2.75) is 95.5 Å². The van der Waals surface area contributed by atoms with Gasteiger partial charge >= 0.3 is 24.4 Å². The number of aryl methyl sites for hydroxylation is 1. The number of benzene rings is 2. The summed E-state index contributed by atoms with van der Waals surface area (Å²) in [6, 6.07) is 1.94. The van der Waals surface area contributed by atoms with Crippen LogP contribution in [0, 0.1) is 18.7 Å². The molecule has 3 rings (SSSR count). The van der Waals surface area contributed by atoms with E-state index >= 15 is 0 Å². The highest BCUT2D eigenvalue weighted by Gasteiger charge is 2.49. The summed E-state index contributed by atoms with van der Waals surface area (Å²) in [7, 11) is 1.23. The Bertz CT molecular complexity index is 1530. The third kappa shape index (κ3) is 9.45. The second-order valence-corrected chi connectivity index (χ2v) is 15.6. The fourth-order valence-electron chi connectivity index (χ4n) is 5.96. The number of halogens is 7. The smallest absolute Gasteiger partial charge is 0.416 e. The Morgan fingerprint density at radius 3 is 2.06 bits per heavy atom. The number of carbonyl (C=O) groups excluding carboxylic acids is 2. The summed E-state index contributed by atoms with van der Waals surface area (Å²) in [5, 5.41) is 9.37. The number of urea groups is 1. The molecule has 0 aliphatic carbocycles. The van der Waals surface area contributed by atoms with Crippen molar-refractivity contribution in [3.05, 3.63) is 70.0 Å². The SMILES string of the molecule is Cc1cc(F)ccc1[C@H]1C[C@@](CC(C)C(=O)C(=O)O)(N[S+]([O-])C(C)(C)C)CCN1C(=O)N(C)[C@H](C)c1cc(C(F)(F)F)cc(C(F)(F)F)c1. The molecule has 1 heterocycles. The standard InChI is InChI=1S/C33H40F7N3O5S/c1-18-12-24(34)8-9-25(18)26-17-31(41-49(48)30(4,5)6,16-19(2)27(44)28(45)46)10-11-43(26)29(47)42(7)20(3)21-13-22(32(35,36)37)15-23(14-21)33(38,39)40/h8-9,12-15,19-20,26,41H,10-11,16-17H2,1-7H3,(H,45,46)/t19?,20-,26-,31-,49?/m1/s1. The first-order valence-corrected chi connectivity index (χ1v) is 16.5. The van der Waals surface area contributed by atoms with E-state index in [2.05, 4.69) is 4.72 Å². The zero-order valence-electron chi connectivity index (χ0n) is 28.1. The molecule has 2 N–H and O–H groups in total. The van der Waals surface area contributed by atoms with Crippen molar-refractivity contribution in [2.24, 2.45) is 5.92 Å². The average Bonchev–Trinajstić information content (AvgIpc) is 2.97. The molecule has 49 heavy (non-hydrogen) atoms. The minimum Gasteiger partial charge on any atom is -0.598 e. The van der Waals surface area contributed by atoms with E-state index in [4.69, 9.17) is 0 Å². The van der Waals surface area contributed by atoms with Crippen LogP contribution in [-0.2, 0) is 33.3 Å². The number of piperidine rings is 1. The van der Waals surface area contributed by atoms with Gasteiger partial charge < -0.3 is 19.5 Å². The highest BCUT2D eigenvalue weighted by molar-refractivity contribution is 7.90. The van der Waals surface area contributed by atoms with Gasteiger partial charge in [0.2, 0.25) is 5.78 Å². The third-order valence-corrected chi connectivity index (χ3v) is 10.6. The van der Waals surface area contributed by atoms with Gasteiger partial charge in [-0.3, -0.25) is 4.79 Å². The highest BCUT2D eigenvalue weighted by atomic mass is 32.2. The van der Waals surface area contributed by atoms with E-state index in [-0.39, 0.29) is 31.9 Å². The van der Waals surface area contributed by atoms with Crippen LogP contribution in [0.2, 0.25) is 0 Å². The molecule has 1 saturated heterocycles. The zero-order valence-corrected chi connectivity index (χ0v) is 28.9. The molecule has 0 saturated carbocycles. The number of nitrogens with one attached hydrogen (secondary N) is 1. The Labute approximate surface area is 283 Å². The van der Waals surface area contributed by atoms with E-state index in [9.17, 15) is 54.8 Å². The van der Waals surface area contributed by atoms with Crippen LogP contribution in [0.3, 0.4) is 0 Å². The van der Waals surface area contributed by atoms with Crippen molar-refractivity contribution < 1.29 is 54.8 Å². The molecule has 2 unspecified atom stereocenters. The lowest BCUT2D eigenvalue weighted by molar-refractivity contribution is -0.151. The Morgan fingerprint density at radius 1 is 1.04 bits per heavy atom. The van der Waals surface area contributed by atoms with E-state index in [1.807, 2.05) is 0 Å². The van der Waals surface area contributed by atoms with Crippen molar-refractivity contribution in [1.29, 1.82) is 0 Å². The number of carboxylic acid groups (broad SMARTS) is 1. The Kier molecular flexibility index (Phi) is 11.8. The number of hydrogen-bond acceptors (Lipinski definition) is 5. The molecule has 0 bridgehead atoms. The number of ketones is 1. The minimum atomic E-state index is -5.10. The molecule has 2 aromatic rings. The second-order valence-electron chi connectivity index (χ2n) is 13.6. The molecule has 5 atom stereocenters. The van der Waals surface area contributed by atoms with E-state index in [0.717, 1.165) is 11.0 Å². The van der Waals surface area contributed by atoms with Crippen LogP contribution in [0.1, 0.15) is 93.8 Å². The van der Waals surface area contributed by atoms with Crippen molar-refractivity contribution in [3.63, 3.8) is 0 Å². The topological polar surface area (TPSA) is 113 Å². The van der Waals surface area contributed by atoms with Gasteiger partial charge in [-0.05, 0) is 101 Å². The number of likely N-dealkylation sites (tertiary alicyclic amines) is 1. The van der Waals surface area contributed by atoms with Crippen LogP contribution >= 0.6 is 0 Å². The molecular weight excluding hydrogens is 683 g/mol. The molecule has 8 nitrogen and oxygen atoms in total. The third-order valence-electron chi connectivity index (χ3n) is 8.82. The molecule has 2 aromatic carbocycles. The van der Waals surface area contributed by atoms with Gasteiger partial charge in [0, 0.05) is 30.9 Å². The maximum Gasteiger partial charge on any atom is 0.416 e. The normalized spacial score (nSPS) is 20.8. The van der Waals surface area contributed by atoms with Crippen LogP contribution in [0.25, 0.3) is 0 Å². The molecule has 1 aliphatic heterocycles. The maximum absolute atomic E-state index is 14.2. The molecule has 2 amide bonds. The lowest BCUT2D eigenvalue weighted by atomic mass is 9.75. The predicted molar refractivity (Wildman–Crippen MR) is 168 cm³/mol. The van der Waals surface area contributed by atoms with Crippen molar-refractivity contribution in [3.8, 4) is 0 Å². The van der Waals surface area contributed by atoms with Crippen molar-refractivity contribution >= 4 is 29.1 Å². The lowest BCUT2D eigenvalue weighted by Gasteiger charge is -2.49. The molecule has 0 radical (unpaired) electrons. The summed E-state index contributed by atoms with van der Waals surface area (Å²) in [5.74, 6) is -4.36. The number of rotatable bonds is 9. The largest absolute Gasteiger partial charge is 0.598 e. The van der Waals surface area contributed by atoms with Crippen LogP contribution in [0.4, 0.5) is 35.5 Å². The summed E-state index contributed by atoms with van der Waals surface area (Å²) in [4.78, 5) is 40.5. The van der Waals surface area contributed by atoms with E-state index in [1.54, 1.807) is 27.7 Å². The minimum absolute atomic E-state index is 0.000228. The molecule has 16 heteroatoms. The first-order chi connectivity index (χ1) is 22.3. The van der Waals surface area contributed by atoms with Gasteiger partial charge in [-0.1, -0.05) is 13.0 Å². The number of aliphatic carboxylic acids is 1. The summed E-state index contributed by atoms with van der Waals surface area (Å²) in [6.45, 7) is 9.26. The summed E-state index contributed by atoms with van der Waals surface area (Å²) in [6.07, 6.45) is -10.3. The molecule has 0 aromatic heterocycles. The number of nitrogens with zero attached hydrogens (tertiary/aromatic N) is 2. The van der Waals surface area contributed by atoms with Gasteiger partial charge in [0.1, 0.15) is 10.6 Å². The molecule has 0 spiro atoms. The van der Waals surface area contributed by atoms with Crippen LogP contribution in [0.5, 0.6) is 0 Å². The first-order valence-electron chi connectivity index (χ1n) is 15.3. The predicted octanol–water partition coefficient (Wildman–Crippen LogP) is 7.59. The Hall–Kier alpha value is -3.37. The van der Waals surface area contributed by atoms with Crippen molar-refractivity contribution in [2.75, 3.05) is 13.6 Å². The average molecular weight is 724 g/mol. The number of Topliss-reactive ketones (excluding diaryl/α,β-unsaturated/α-hetero) is 1. The van der Waals surface area contributed by atoms with E-state index < -0.39 is 92.3 Å². The van der Waals surface area contributed by atoms with Crippen LogP contribution < -0.4 is 4.72 Å². The fourth-order valence-corrected chi connectivity index (χ4v) is 6.93. The van der Waals surface area contributed by atoms with Gasteiger partial charge in [-0.25, -0.2) is 14.0 Å². The first kappa shape index (κ1) is 40.1. The van der Waals surface area contributed by atoms with Gasteiger partial charge in [0.25, 0.3) is 0 Å². The summed E-state index contributed by atoms with van der Waals surface area (Å²) < 4.78 is 112. The second kappa shape index (κ2) is 14.5. The van der Waals surface area contributed by atoms with Crippen molar-refractivity contribution in [1.82, 2.24) is 14.5 Å². The van der Waals surface area contributed by atoms with Gasteiger partial charge in [-0.15, -0.1) is 4.72 Å². The number of hydrogen-bond donors (Lipinski definition) is 2. The molecule has 1 fully saturated rings. The summed E-state index contributed by atoms with van der Waals surface area (Å²) in [5.41, 5.74) is -3.82. The number of alkyl halides is 6. The fraction of sp³-hybridized carbons (Fsp3) is 0.545. The molecule has 272 valence electrons. The molecular formula is C33H40F7N3O5S. The molecule has 1 aliphatic rings. The maximum atomic E-state index is 14.2. The quantitative estimate of drug-likeness (QED) is 0.157. The van der Waals surface area contributed by atoms with Crippen LogP contribution in [-0.4, -0.2) is 61.1 Å². The number of amides is 2. The number of carbonyl (C=O) groups is 3. The monoisotopic (exact) mass is 723 g/mol. The Morgan fingerprint density at radius 2 is 1.59 bits per heavy atom. The summed E-state index contributed by atoms with van der Waals surface area (Å²) >= 11 is -1.74. The lowest BCUT2D eigenvalue weighted by Crippen LogP contribution is -2.61. The van der Waals surface area contributed by atoms with Gasteiger partial charge in [0.05, 0.1) is 28.7 Å². The van der Waals surface area contributed by atoms with E-state index in [1.165, 1.54) is 37.9 Å². The van der Waals surface area contributed by atoms with Gasteiger partial charge in [0.15, 0.2) is 0 Å². The number of carboxylic acids is 1. The Balaban J connectivity index is 2.11. The van der Waals surface area contributed by atoms with E-state index in [0.29, 0.717) is 23.3 Å². The van der Waals surface area contributed by atoms with Crippen LogP contribution in [0.15, 0.2) is 36.4 Å². The highest BCUT2D eigenvalue weighted by Crippen LogP contribution is 2.44. The zero-order chi connectivity index (χ0) is 37.4.